The van der Waals surface area contributed by atoms with Gasteiger partial charge < -0.3 is 14.6 Å². The van der Waals surface area contributed by atoms with Gasteiger partial charge in [0, 0.05) is 13.1 Å². The Morgan fingerprint density at radius 2 is 1.86 bits per heavy atom. The molecule has 1 saturated heterocycles. The Labute approximate surface area is 121 Å². The molecule has 7 heteroatoms. The number of aliphatic hydroxyl groups is 1. The molecule has 1 fully saturated rings. The predicted molar refractivity (Wildman–Crippen MR) is 70.3 cm³/mol. The van der Waals surface area contributed by atoms with E-state index in [9.17, 15) is 18.3 Å². The molecule has 118 valence electrons. The molecule has 0 radical (unpaired) electrons. The van der Waals surface area contributed by atoms with Crippen LogP contribution in [0.1, 0.15) is 12.8 Å². The molecule has 0 amide bonds. The highest BCUT2D eigenvalue weighted by Crippen LogP contribution is 2.24. The van der Waals surface area contributed by atoms with Crippen LogP contribution in [0.5, 0.6) is 11.5 Å². The summed E-state index contributed by atoms with van der Waals surface area (Å²) in [7, 11) is 0. The number of benzene rings is 1. The van der Waals surface area contributed by atoms with Crippen molar-refractivity contribution in [2.75, 3.05) is 26.2 Å². The molecule has 1 heterocycles. The van der Waals surface area contributed by atoms with Crippen LogP contribution in [0.2, 0.25) is 0 Å². The third kappa shape index (κ3) is 5.81. The number of piperidine rings is 1. The number of hydrogen-bond acceptors (Lipinski definition) is 4. The molecule has 1 atom stereocenters. The van der Waals surface area contributed by atoms with E-state index in [0.29, 0.717) is 25.4 Å². The van der Waals surface area contributed by atoms with Crippen molar-refractivity contribution in [2.24, 2.45) is 0 Å². The highest BCUT2D eigenvalue weighted by molar-refractivity contribution is 5.31. The molecular weight excluding hydrogens is 287 g/mol. The van der Waals surface area contributed by atoms with E-state index < -0.39 is 6.36 Å². The van der Waals surface area contributed by atoms with Crippen molar-refractivity contribution in [2.45, 2.75) is 25.3 Å². The summed E-state index contributed by atoms with van der Waals surface area (Å²) in [6.07, 6.45) is -3.17. The summed E-state index contributed by atoms with van der Waals surface area (Å²) in [6.45, 7) is 2.67. The van der Waals surface area contributed by atoms with Gasteiger partial charge in [0.15, 0.2) is 0 Å². The molecule has 0 saturated carbocycles. The average molecular weight is 305 g/mol. The van der Waals surface area contributed by atoms with Crippen LogP contribution in [-0.2, 0) is 0 Å². The lowest BCUT2D eigenvalue weighted by Crippen LogP contribution is -2.40. The summed E-state index contributed by atoms with van der Waals surface area (Å²) in [5.41, 5.74) is 0. The number of alkyl halides is 3. The number of aliphatic hydroxyl groups excluding tert-OH is 1. The molecule has 1 N–H and O–H groups in total. The summed E-state index contributed by atoms with van der Waals surface area (Å²) in [6, 6.07) is 5.30. The van der Waals surface area contributed by atoms with Crippen LogP contribution in [-0.4, -0.2) is 48.7 Å². The molecule has 1 aromatic rings. The predicted octanol–water partition coefficient (Wildman–Crippen LogP) is 2.42. The summed E-state index contributed by atoms with van der Waals surface area (Å²) in [4.78, 5) is 2.11. The first kappa shape index (κ1) is 15.9. The van der Waals surface area contributed by atoms with E-state index in [1.807, 2.05) is 0 Å². The summed E-state index contributed by atoms with van der Waals surface area (Å²) in [5, 5.41) is 9.53. The van der Waals surface area contributed by atoms with Crippen LogP contribution < -0.4 is 9.47 Å². The zero-order valence-corrected chi connectivity index (χ0v) is 11.5. The molecule has 21 heavy (non-hydrogen) atoms. The maximum absolute atomic E-state index is 12.0. The van der Waals surface area contributed by atoms with Crippen molar-refractivity contribution in [3.63, 3.8) is 0 Å². The molecule has 0 aliphatic carbocycles. The van der Waals surface area contributed by atoms with E-state index in [-0.39, 0.29) is 11.9 Å². The Morgan fingerprint density at radius 1 is 1.19 bits per heavy atom. The van der Waals surface area contributed by atoms with Gasteiger partial charge in [0.25, 0.3) is 0 Å². The van der Waals surface area contributed by atoms with Crippen molar-refractivity contribution >= 4 is 0 Å². The Morgan fingerprint density at radius 3 is 2.48 bits per heavy atom. The number of halogens is 3. The Hall–Kier alpha value is -1.47. The smallest absolute Gasteiger partial charge is 0.492 e. The molecule has 0 aromatic heterocycles. The molecule has 4 nitrogen and oxygen atoms in total. The van der Waals surface area contributed by atoms with Crippen LogP contribution in [0.3, 0.4) is 0 Å². The second-order valence-corrected chi connectivity index (χ2v) is 4.96. The van der Waals surface area contributed by atoms with E-state index in [2.05, 4.69) is 9.64 Å². The van der Waals surface area contributed by atoms with E-state index in [1.54, 1.807) is 0 Å². The minimum Gasteiger partial charge on any atom is -0.492 e. The van der Waals surface area contributed by atoms with Crippen molar-refractivity contribution in [3.8, 4) is 11.5 Å². The molecular formula is C14H18F3NO3. The van der Waals surface area contributed by atoms with Gasteiger partial charge in [-0.1, -0.05) is 0 Å². The first-order chi connectivity index (χ1) is 9.92. The van der Waals surface area contributed by atoms with Crippen molar-refractivity contribution in [1.29, 1.82) is 0 Å². The van der Waals surface area contributed by atoms with Crippen molar-refractivity contribution < 1.29 is 27.8 Å². The van der Waals surface area contributed by atoms with Crippen LogP contribution in [0, 0.1) is 0 Å². The lowest BCUT2D eigenvalue weighted by molar-refractivity contribution is -0.274. The van der Waals surface area contributed by atoms with Gasteiger partial charge in [-0.2, -0.15) is 0 Å². The number of hydrogen-bond donors (Lipinski definition) is 1. The minimum absolute atomic E-state index is 0.269. The highest BCUT2D eigenvalue weighted by Gasteiger charge is 2.30. The third-order valence-corrected chi connectivity index (χ3v) is 3.21. The number of nitrogens with zero attached hydrogens (tertiary/aromatic N) is 1. The highest BCUT2D eigenvalue weighted by atomic mass is 19.4. The normalized spacial score (nSPS) is 20.3. The summed E-state index contributed by atoms with van der Waals surface area (Å²) >= 11 is 0. The SMILES string of the molecule is OC1CCCN(CCOc2ccc(OC(F)(F)F)cc2)C1. The number of rotatable bonds is 5. The van der Waals surface area contributed by atoms with E-state index in [1.165, 1.54) is 24.3 Å². The van der Waals surface area contributed by atoms with Gasteiger partial charge in [-0.15, -0.1) is 13.2 Å². The fourth-order valence-electron chi connectivity index (χ4n) is 2.26. The maximum atomic E-state index is 12.0. The average Bonchev–Trinajstić information content (AvgIpc) is 2.39. The van der Waals surface area contributed by atoms with Gasteiger partial charge in [0.2, 0.25) is 0 Å². The van der Waals surface area contributed by atoms with Gasteiger partial charge in [0.1, 0.15) is 18.1 Å². The molecule has 0 bridgehead atoms. The topological polar surface area (TPSA) is 41.9 Å². The number of ether oxygens (including phenoxy) is 2. The Kier molecular flexibility index (Phi) is 5.30. The molecule has 1 unspecified atom stereocenters. The Balaban J connectivity index is 1.73. The zero-order valence-electron chi connectivity index (χ0n) is 11.5. The van der Waals surface area contributed by atoms with Crippen LogP contribution in [0.4, 0.5) is 13.2 Å². The third-order valence-electron chi connectivity index (χ3n) is 3.21. The van der Waals surface area contributed by atoms with Gasteiger partial charge in [-0.05, 0) is 43.7 Å². The van der Waals surface area contributed by atoms with Crippen molar-refractivity contribution in [1.82, 2.24) is 4.90 Å². The maximum Gasteiger partial charge on any atom is 0.573 e. The molecule has 1 aliphatic heterocycles. The Bertz CT molecular complexity index is 436. The fraction of sp³-hybridized carbons (Fsp3) is 0.571. The van der Waals surface area contributed by atoms with Crippen LogP contribution in [0.15, 0.2) is 24.3 Å². The molecule has 0 spiro atoms. The fourth-order valence-corrected chi connectivity index (χ4v) is 2.26. The molecule has 1 aliphatic rings. The zero-order chi connectivity index (χ0) is 15.3. The van der Waals surface area contributed by atoms with E-state index >= 15 is 0 Å². The second kappa shape index (κ2) is 7.00. The van der Waals surface area contributed by atoms with E-state index in [4.69, 9.17) is 4.74 Å². The lowest BCUT2D eigenvalue weighted by Gasteiger charge is -2.29. The minimum atomic E-state index is -4.68. The lowest BCUT2D eigenvalue weighted by atomic mass is 10.1. The monoisotopic (exact) mass is 305 g/mol. The van der Waals surface area contributed by atoms with E-state index in [0.717, 1.165) is 19.4 Å². The van der Waals surface area contributed by atoms with Crippen molar-refractivity contribution in [3.05, 3.63) is 24.3 Å². The quantitative estimate of drug-likeness (QED) is 0.907. The molecule has 1 aromatic carbocycles. The van der Waals surface area contributed by atoms with Gasteiger partial charge >= 0.3 is 6.36 Å². The van der Waals surface area contributed by atoms with Crippen LogP contribution in [0.25, 0.3) is 0 Å². The molecule has 2 rings (SSSR count). The summed E-state index contributed by atoms with van der Waals surface area (Å²) < 4.78 is 45.3. The first-order valence-corrected chi connectivity index (χ1v) is 6.81. The van der Waals surface area contributed by atoms with Gasteiger partial charge in [0.05, 0.1) is 6.10 Å². The summed E-state index contributed by atoms with van der Waals surface area (Å²) in [5.74, 6) is 0.219. The largest absolute Gasteiger partial charge is 0.573 e. The first-order valence-electron chi connectivity index (χ1n) is 6.81. The number of β-amino-alcohol motifs (C(OH)–C–C–N with tert-alkyl or cyclic N) is 1. The van der Waals surface area contributed by atoms with Crippen LogP contribution >= 0.6 is 0 Å². The number of likely N-dealkylation sites (tertiary alicyclic amines) is 1. The van der Waals surface area contributed by atoms with Gasteiger partial charge in [-0.25, -0.2) is 0 Å². The second-order valence-electron chi connectivity index (χ2n) is 4.96. The van der Waals surface area contributed by atoms with Gasteiger partial charge in [-0.3, -0.25) is 4.90 Å². The standard InChI is InChI=1S/C14H18F3NO3/c15-14(16,17)21-13-5-3-12(4-6-13)20-9-8-18-7-1-2-11(19)10-18/h3-6,11,19H,1-2,7-10H2.